The standard InChI is InChI=1S/C13H11N5O2/c1-20-10-6-3-2-5-9(10)15-12(19)11-16-13-14-7-4-8-18(13)17-11/h2-8H,1H3,(H,15,19). The number of carbonyl (C=O) groups is 1. The van der Waals surface area contributed by atoms with E-state index in [1.807, 2.05) is 6.07 Å². The van der Waals surface area contributed by atoms with Crippen LogP contribution >= 0.6 is 0 Å². The molecular formula is C13H11N5O2. The molecule has 3 aromatic rings. The number of nitrogens with zero attached hydrogens (tertiary/aromatic N) is 4. The van der Waals surface area contributed by atoms with Gasteiger partial charge in [-0.25, -0.2) is 9.50 Å². The lowest BCUT2D eigenvalue weighted by Crippen LogP contribution is -2.14. The summed E-state index contributed by atoms with van der Waals surface area (Å²) in [5.74, 6) is 0.579. The zero-order valence-corrected chi connectivity index (χ0v) is 10.6. The number of hydrogen-bond donors (Lipinski definition) is 1. The van der Waals surface area contributed by atoms with Crippen molar-refractivity contribution in [3.05, 3.63) is 48.5 Å². The molecule has 3 rings (SSSR count). The normalized spacial score (nSPS) is 10.4. The van der Waals surface area contributed by atoms with Crippen molar-refractivity contribution in [2.24, 2.45) is 0 Å². The van der Waals surface area contributed by atoms with Crippen LogP contribution in [0.5, 0.6) is 5.75 Å². The molecule has 1 aromatic carbocycles. The zero-order valence-electron chi connectivity index (χ0n) is 10.6. The number of hydrogen-bond acceptors (Lipinski definition) is 5. The molecule has 0 saturated heterocycles. The van der Waals surface area contributed by atoms with Crippen LogP contribution in [-0.2, 0) is 0 Å². The lowest BCUT2D eigenvalue weighted by atomic mass is 10.3. The number of para-hydroxylation sites is 2. The van der Waals surface area contributed by atoms with Crippen LogP contribution in [0, 0.1) is 0 Å². The average Bonchev–Trinajstić information content (AvgIpc) is 2.92. The van der Waals surface area contributed by atoms with Crippen LogP contribution in [0.15, 0.2) is 42.7 Å². The van der Waals surface area contributed by atoms with Crippen molar-refractivity contribution in [2.75, 3.05) is 12.4 Å². The van der Waals surface area contributed by atoms with Gasteiger partial charge in [0.05, 0.1) is 12.8 Å². The first-order valence-corrected chi connectivity index (χ1v) is 5.89. The van der Waals surface area contributed by atoms with Gasteiger partial charge in [-0.2, -0.15) is 4.98 Å². The second kappa shape index (κ2) is 4.96. The minimum absolute atomic E-state index is 0.0506. The number of carbonyl (C=O) groups excluding carboxylic acids is 1. The molecule has 2 heterocycles. The fourth-order valence-corrected chi connectivity index (χ4v) is 1.76. The van der Waals surface area contributed by atoms with E-state index in [4.69, 9.17) is 4.74 Å². The lowest BCUT2D eigenvalue weighted by molar-refractivity contribution is 0.101. The first-order valence-electron chi connectivity index (χ1n) is 5.89. The molecule has 1 N–H and O–H groups in total. The Hall–Kier alpha value is -2.96. The number of anilines is 1. The first kappa shape index (κ1) is 12.1. The van der Waals surface area contributed by atoms with Gasteiger partial charge in [0.25, 0.3) is 11.7 Å². The Labute approximate surface area is 114 Å². The summed E-state index contributed by atoms with van der Waals surface area (Å²) in [6.45, 7) is 0. The highest BCUT2D eigenvalue weighted by molar-refractivity contribution is 6.02. The summed E-state index contributed by atoms with van der Waals surface area (Å²) < 4.78 is 6.61. The van der Waals surface area contributed by atoms with E-state index in [0.29, 0.717) is 17.2 Å². The van der Waals surface area contributed by atoms with Crippen LogP contribution in [0.25, 0.3) is 5.78 Å². The molecule has 100 valence electrons. The van der Waals surface area contributed by atoms with Crippen molar-refractivity contribution in [2.45, 2.75) is 0 Å². The van der Waals surface area contributed by atoms with Gasteiger partial charge in [0, 0.05) is 12.4 Å². The lowest BCUT2D eigenvalue weighted by Gasteiger charge is -2.07. The van der Waals surface area contributed by atoms with E-state index in [1.165, 1.54) is 11.6 Å². The average molecular weight is 269 g/mol. The van der Waals surface area contributed by atoms with Gasteiger partial charge in [0.15, 0.2) is 0 Å². The van der Waals surface area contributed by atoms with Crippen molar-refractivity contribution in [3.63, 3.8) is 0 Å². The van der Waals surface area contributed by atoms with Gasteiger partial charge in [-0.15, -0.1) is 5.10 Å². The van der Waals surface area contributed by atoms with E-state index in [1.54, 1.807) is 36.7 Å². The van der Waals surface area contributed by atoms with Gasteiger partial charge < -0.3 is 10.1 Å². The summed E-state index contributed by atoms with van der Waals surface area (Å²) in [5, 5.41) is 6.76. The van der Waals surface area contributed by atoms with E-state index < -0.39 is 5.91 Å². The molecule has 0 aliphatic heterocycles. The topological polar surface area (TPSA) is 81.4 Å². The van der Waals surface area contributed by atoms with Gasteiger partial charge in [0.1, 0.15) is 5.75 Å². The van der Waals surface area contributed by atoms with Crippen molar-refractivity contribution in [3.8, 4) is 5.75 Å². The Kier molecular flexibility index (Phi) is 3.00. The number of nitrogens with one attached hydrogen (secondary N) is 1. The fraction of sp³-hybridized carbons (Fsp3) is 0.0769. The molecule has 0 fully saturated rings. The van der Waals surface area contributed by atoms with Crippen LogP contribution in [-0.4, -0.2) is 32.6 Å². The zero-order chi connectivity index (χ0) is 13.9. The van der Waals surface area contributed by atoms with Gasteiger partial charge in [0.2, 0.25) is 5.82 Å². The third-order valence-corrected chi connectivity index (χ3v) is 2.67. The Bertz CT molecular complexity index is 735. The predicted octanol–water partition coefficient (Wildman–Crippen LogP) is 1.39. The van der Waals surface area contributed by atoms with Gasteiger partial charge >= 0.3 is 0 Å². The fourth-order valence-electron chi connectivity index (χ4n) is 1.76. The van der Waals surface area contributed by atoms with Crippen LogP contribution in [0.4, 0.5) is 5.69 Å². The minimum Gasteiger partial charge on any atom is -0.495 e. The van der Waals surface area contributed by atoms with E-state index in [-0.39, 0.29) is 5.82 Å². The monoisotopic (exact) mass is 269 g/mol. The number of rotatable bonds is 3. The summed E-state index contributed by atoms with van der Waals surface area (Å²) in [4.78, 5) is 20.2. The Morgan fingerprint density at radius 2 is 2.15 bits per heavy atom. The molecule has 0 atom stereocenters. The third kappa shape index (κ3) is 2.16. The smallest absolute Gasteiger partial charge is 0.295 e. The molecule has 1 amide bonds. The molecule has 0 spiro atoms. The van der Waals surface area contributed by atoms with Crippen LogP contribution in [0.1, 0.15) is 10.6 Å². The molecule has 2 aromatic heterocycles. The summed E-state index contributed by atoms with van der Waals surface area (Å²) in [6.07, 6.45) is 3.27. The first-order chi connectivity index (χ1) is 9.78. The predicted molar refractivity (Wildman–Crippen MR) is 71.7 cm³/mol. The minimum atomic E-state index is -0.417. The maximum atomic E-state index is 12.1. The molecule has 0 unspecified atom stereocenters. The Morgan fingerprint density at radius 3 is 2.95 bits per heavy atom. The maximum absolute atomic E-state index is 12.1. The molecule has 0 radical (unpaired) electrons. The molecular weight excluding hydrogens is 258 g/mol. The van der Waals surface area contributed by atoms with Crippen molar-refractivity contribution in [1.82, 2.24) is 19.6 Å². The summed E-state index contributed by atoms with van der Waals surface area (Å²) in [5.41, 5.74) is 0.562. The number of methoxy groups -OCH3 is 1. The number of ether oxygens (including phenoxy) is 1. The van der Waals surface area contributed by atoms with Crippen molar-refractivity contribution < 1.29 is 9.53 Å². The number of fused-ring (bicyclic) bond motifs is 1. The van der Waals surface area contributed by atoms with E-state index in [0.717, 1.165) is 0 Å². The highest BCUT2D eigenvalue weighted by Crippen LogP contribution is 2.23. The van der Waals surface area contributed by atoms with Crippen LogP contribution in [0.2, 0.25) is 0 Å². The molecule has 0 aliphatic rings. The van der Waals surface area contributed by atoms with E-state index in [9.17, 15) is 4.79 Å². The largest absolute Gasteiger partial charge is 0.495 e. The van der Waals surface area contributed by atoms with Gasteiger partial charge in [-0.1, -0.05) is 12.1 Å². The van der Waals surface area contributed by atoms with Crippen LogP contribution in [0.3, 0.4) is 0 Å². The molecule has 7 heteroatoms. The maximum Gasteiger partial charge on any atom is 0.295 e. The Morgan fingerprint density at radius 1 is 1.30 bits per heavy atom. The summed E-state index contributed by atoms with van der Waals surface area (Å²) >= 11 is 0. The molecule has 0 saturated carbocycles. The van der Waals surface area contributed by atoms with Crippen molar-refractivity contribution in [1.29, 1.82) is 0 Å². The van der Waals surface area contributed by atoms with E-state index >= 15 is 0 Å². The van der Waals surface area contributed by atoms with Gasteiger partial charge in [-0.05, 0) is 18.2 Å². The highest BCUT2D eigenvalue weighted by atomic mass is 16.5. The van der Waals surface area contributed by atoms with Crippen LogP contribution < -0.4 is 10.1 Å². The van der Waals surface area contributed by atoms with Gasteiger partial charge in [-0.3, -0.25) is 4.79 Å². The quantitative estimate of drug-likeness (QED) is 0.777. The number of aromatic nitrogens is 4. The van der Waals surface area contributed by atoms with E-state index in [2.05, 4.69) is 20.4 Å². The third-order valence-electron chi connectivity index (χ3n) is 2.67. The molecule has 7 nitrogen and oxygen atoms in total. The number of amides is 1. The summed E-state index contributed by atoms with van der Waals surface area (Å²) in [6, 6.07) is 8.83. The second-order valence-electron chi connectivity index (χ2n) is 3.95. The second-order valence-corrected chi connectivity index (χ2v) is 3.95. The SMILES string of the molecule is COc1ccccc1NC(=O)c1nc2ncccn2n1. The highest BCUT2D eigenvalue weighted by Gasteiger charge is 2.15. The Balaban J connectivity index is 1.89. The number of benzene rings is 1. The molecule has 0 bridgehead atoms. The molecule has 0 aliphatic carbocycles. The van der Waals surface area contributed by atoms with Crippen molar-refractivity contribution >= 4 is 17.4 Å². The molecule has 20 heavy (non-hydrogen) atoms. The summed E-state index contributed by atoms with van der Waals surface area (Å²) in [7, 11) is 1.54.